The Hall–Kier alpha value is -3.36. The number of alkyl halides is 3. The summed E-state index contributed by atoms with van der Waals surface area (Å²) in [5.41, 5.74) is 5.92. The zero-order chi connectivity index (χ0) is 19.6. The molecule has 3 N–H and O–H groups in total. The Balaban J connectivity index is 2.12. The van der Waals surface area contributed by atoms with Crippen molar-refractivity contribution in [1.82, 2.24) is 15.0 Å². The number of ether oxygens (including phenoxy) is 1. The second kappa shape index (κ2) is 7.10. The number of hydrogen-bond donors (Lipinski definition) is 2. The maximum atomic E-state index is 13.2. The molecule has 3 aromatic heterocycles. The molecule has 0 unspecified atom stereocenters. The fourth-order valence-corrected chi connectivity index (χ4v) is 2.53. The van der Waals surface area contributed by atoms with Gasteiger partial charge in [-0.2, -0.15) is 13.2 Å². The third-order valence-corrected chi connectivity index (χ3v) is 3.71. The van der Waals surface area contributed by atoms with Gasteiger partial charge >= 0.3 is 6.18 Å². The number of primary amides is 1. The first-order valence-corrected chi connectivity index (χ1v) is 7.95. The van der Waals surface area contributed by atoms with E-state index in [-0.39, 0.29) is 18.1 Å². The molecule has 0 saturated heterocycles. The van der Waals surface area contributed by atoms with Crippen molar-refractivity contribution in [3.8, 4) is 17.0 Å². The van der Waals surface area contributed by atoms with Crippen LogP contribution in [-0.2, 0) is 11.0 Å². The van der Waals surface area contributed by atoms with E-state index in [0.29, 0.717) is 22.2 Å². The van der Waals surface area contributed by atoms with Gasteiger partial charge in [0.15, 0.2) is 0 Å². The molecule has 0 aliphatic heterocycles. The van der Waals surface area contributed by atoms with Crippen LogP contribution in [0.3, 0.4) is 0 Å². The largest absolute Gasteiger partial charge is 0.478 e. The van der Waals surface area contributed by atoms with Crippen LogP contribution >= 0.6 is 0 Å². The van der Waals surface area contributed by atoms with Crippen LogP contribution in [0, 0.1) is 0 Å². The van der Waals surface area contributed by atoms with E-state index in [1.165, 1.54) is 24.4 Å². The highest BCUT2D eigenvalue weighted by molar-refractivity contribution is 5.95. The van der Waals surface area contributed by atoms with Crippen molar-refractivity contribution in [1.29, 1.82) is 0 Å². The van der Waals surface area contributed by atoms with Gasteiger partial charge in [-0.1, -0.05) is 0 Å². The highest BCUT2D eigenvalue weighted by atomic mass is 19.4. The third kappa shape index (κ3) is 4.08. The van der Waals surface area contributed by atoms with E-state index in [0.717, 1.165) is 6.07 Å². The minimum Gasteiger partial charge on any atom is -0.478 e. The van der Waals surface area contributed by atoms with Gasteiger partial charge in [-0.05, 0) is 30.7 Å². The Morgan fingerprint density at radius 1 is 1.30 bits per heavy atom. The number of hydrogen-bond acceptors (Lipinski definition) is 4. The maximum Gasteiger partial charge on any atom is 0.433 e. The molecular formula is C18H15F3N4O2. The zero-order valence-corrected chi connectivity index (χ0v) is 14.2. The van der Waals surface area contributed by atoms with Crippen LogP contribution < -0.4 is 10.5 Å². The third-order valence-electron chi connectivity index (χ3n) is 3.71. The predicted octanol–water partition coefficient (Wildman–Crippen LogP) is 3.54. The van der Waals surface area contributed by atoms with Crippen molar-refractivity contribution in [3.63, 3.8) is 0 Å². The second-order valence-electron chi connectivity index (χ2n) is 5.61. The fraction of sp³-hybridized carbons (Fsp3) is 0.167. The lowest BCUT2D eigenvalue weighted by atomic mass is 10.1. The van der Waals surface area contributed by atoms with E-state index >= 15 is 0 Å². The van der Waals surface area contributed by atoms with Crippen LogP contribution in [0.25, 0.3) is 28.2 Å². The van der Waals surface area contributed by atoms with Crippen LogP contribution in [0.4, 0.5) is 13.2 Å². The van der Waals surface area contributed by atoms with E-state index < -0.39 is 17.8 Å². The summed E-state index contributed by atoms with van der Waals surface area (Å²) in [6.45, 7) is 1.84. The summed E-state index contributed by atoms with van der Waals surface area (Å²) in [4.78, 5) is 21.6. The van der Waals surface area contributed by atoms with Crippen LogP contribution in [0.15, 0.2) is 36.7 Å². The zero-order valence-electron chi connectivity index (χ0n) is 14.2. The predicted molar refractivity (Wildman–Crippen MR) is 93.7 cm³/mol. The summed E-state index contributed by atoms with van der Waals surface area (Å²) in [7, 11) is 0. The normalized spacial score (nSPS) is 12.0. The average Bonchev–Trinajstić information content (AvgIpc) is 3.01. The molecule has 3 rings (SSSR count). The highest BCUT2D eigenvalue weighted by Crippen LogP contribution is 2.34. The molecule has 27 heavy (non-hydrogen) atoms. The van der Waals surface area contributed by atoms with Crippen molar-refractivity contribution in [2.45, 2.75) is 13.1 Å². The topological polar surface area (TPSA) is 93.9 Å². The van der Waals surface area contributed by atoms with Crippen molar-refractivity contribution >= 4 is 23.0 Å². The van der Waals surface area contributed by atoms with Crippen LogP contribution in [-0.4, -0.2) is 27.5 Å². The van der Waals surface area contributed by atoms with Crippen molar-refractivity contribution < 1.29 is 22.7 Å². The van der Waals surface area contributed by atoms with Gasteiger partial charge in [0.25, 0.3) is 0 Å². The molecule has 0 bridgehead atoms. The Kier molecular flexibility index (Phi) is 4.85. The minimum absolute atomic E-state index is 0.120. The smallest absolute Gasteiger partial charge is 0.433 e. The first-order chi connectivity index (χ1) is 12.8. The molecule has 140 valence electrons. The number of rotatable bonds is 5. The van der Waals surface area contributed by atoms with E-state index in [2.05, 4.69) is 15.0 Å². The number of aromatic nitrogens is 3. The molecule has 3 aromatic rings. The molecule has 0 fully saturated rings. The fourth-order valence-electron chi connectivity index (χ4n) is 2.53. The van der Waals surface area contributed by atoms with E-state index in [1.54, 1.807) is 19.2 Å². The van der Waals surface area contributed by atoms with E-state index in [9.17, 15) is 18.0 Å². The number of pyridine rings is 2. The number of carbonyl (C=O) groups excluding carboxylic acids is 1. The molecule has 6 nitrogen and oxygen atoms in total. The Labute approximate surface area is 151 Å². The Bertz CT molecular complexity index is 1030. The lowest BCUT2D eigenvalue weighted by Crippen LogP contribution is -2.09. The number of fused-ring (bicyclic) bond motifs is 1. The molecule has 3 heterocycles. The van der Waals surface area contributed by atoms with Gasteiger partial charge in [0, 0.05) is 41.0 Å². The number of H-pyrrole nitrogens is 1. The Morgan fingerprint density at radius 3 is 2.74 bits per heavy atom. The number of nitrogens with one attached hydrogen (secondary N) is 1. The van der Waals surface area contributed by atoms with Gasteiger partial charge in [-0.15, -0.1) is 0 Å². The number of nitrogens with two attached hydrogens (primary N) is 1. The van der Waals surface area contributed by atoms with E-state index in [1.807, 2.05) is 0 Å². The van der Waals surface area contributed by atoms with Gasteiger partial charge in [-0.3, -0.25) is 4.79 Å². The summed E-state index contributed by atoms with van der Waals surface area (Å²) in [5, 5.41) is 0.633. The number of halogens is 3. The minimum atomic E-state index is -4.61. The van der Waals surface area contributed by atoms with Gasteiger partial charge in [-0.25, -0.2) is 9.97 Å². The maximum absolute atomic E-state index is 13.2. The van der Waals surface area contributed by atoms with Crippen molar-refractivity contribution in [2.24, 2.45) is 5.73 Å². The molecule has 0 aliphatic rings. The molecule has 0 saturated carbocycles. The molecule has 1 amide bonds. The van der Waals surface area contributed by atoms with Crippen molar-refractivity contribution in [3.05, 3.63) is 47.9 Å². The number of aromatic amines is 1. The summed E-state index contributed by atoms with van der Waals surface area (Å²) in [5.74, 6) is -0.732. The number of carbonyl (C=O) groups is 1. The Morgan fingerprint density at radius 2 is 2.07 bits per heavy atom. The molecule has 0 atom stereocenters. The molecule has 0 radical (unpaired) electrons. The van der Waals surface area contributed by atoms with Gasteiger partial charge < -0.3 is 15.5 Å². The first kappa shape index (κ1) is 18.4. The molecule has 0 aliphatic carbocycles. The van der Waals surface area contributed by atoms with E-state index in [4.69, 9.17) is 10.5 Å². The lowest BCUT2D eigenvalue weighted by Gasteiger charge is -2.11. The molecule has 0 spiro atoms. The van der Waals surface area contributed by atoms with Crippen molar-refractivity contribution in [2.75, 3.05) is 6.61 Å². The molecule has 0 aromatic carbocycles. The number of nitrogens with zero attached hydrogens (tertiary/aromatic N) is 2. The monoisotopic (exact) mass is 376 g/mol. The van der Waals surface area contributed by atoms with Gasteiger partial charge in [0.1, 0.15) is 11.3 Å². The van der Waals surface area contributed by atoms with Crippen LogP contribution in [0.5, 0.6) is 5.88 Å². The van der Waals surface area contributed by atoms with Gasteiger partial charge in [0.05, 0.1) is 6.61 Å². The number of amides is 1. The van der Waals surface area contributed by atoms with Gasteiger partial charge in [0.2, 0.25) is 11.8 Å². The average molecular weight is 376 g/mol. The highest BCUT2D eigenvalue weighted by Gasteiger charge is 2.33. The summed E-state index contributed by atoms with van der Waals surface area (Å²) in [6.07, 6.45) is 1.16. The molecular weight excluding hydrogens is 361 g/mol. The summed E-state index contributed by atoms with van der Waals surface area (Å²) < 4.78 is 44.6. The standard InChI is InChI=1S/C18H15F3N4O2/c1-2-27-16-7-11(6-14(25-16)18(19,20)21)12-5-13-10(3-4-15(22)26)8-23-17(13)24-9-12/h3-9H,2H2,1H3,(H2,22,26)(H,23,24)/b4-3+. The van der Waals surface area contributed by atoms with Crippen LogP contribution in [0.2, 0.25) is 0 Å². The SMILES string of the molecule is CCOc1cc(-c2cnc3[nH]cc(/C=C/C(N)=O)c3c2)cc(C(F)(F)F)n1. The summed E-state index contributed by atoms with van der Waals surface area (Å²) >= 11 is 0. The summed E-state index contributed by atoms with van der Waals surface area (Å²) in [6, 6.07) is 4.04. The lowest BCUT2D eigenvalue weighted by molar-refractivity contribution is -0.141. The second-order valence-corrected chi connectivity index (χ2v) is 5.61. The molecule has 9 heteroatoms. The quantitative estimate of drug-likeness (QED) is 0.666. The first-order valence-electron chi connectivity index (χ1n) is 7.95. The van der Waals surface area contributed by atoms with Crippen LogP contribution in [0.1, 0.15) is 18.2 Å².